The van der Waals surface area contributed by atoms with Crippen LogP contribution in [0.15, 0.2) is 54.6 Å². The number of benzene rings is 2. The quantitative estimate of drug-likeness (QED) is 0.756. The van der Waals surface area contributed by atoms with Crippen molar-refractivity contribution in [2.75, 3.05) is 6.54 Å². The summed E-state index contributed by atoms with van der Waals surface area (Å²) in [5.41, 5.74) is -0.0755. The zero-order valence-electron chi connectivity index (χ0n) is 14.1. The minimum Gasteiger partial charge on any atom is -0.481 e. The summed E-state index contributed by atoms with van der Waals surface area (Å²) in [5, 5.41) is 12.2. The van der Waals surface area contributed by atoms with Gasteiger partial charge >= 0.3 is 12.6 Å². The molecule has 26 heavy (non-hydrogen) atoms. The molecule has 0 radical (unpaired) electrons. The van der Waals surface area contributed by atoms with Crippen molar-refractivity contribution in [3.05, 3.63) is 65.7 Å². The number of halogens is 2. The summed E-state index contributed by atoms with van der Waals surface area (Å²) < 4.78 is 28.5. The van der Waals surface area contributed by atoms with Crippen molar-refractivity contribution in [3.63, 3.8) is 0 Å². The Hall–Kier alpha value is -2.96. The van der Waals surface area contributed by atoms with E-state index in [0.29, 0.717) is 11.1 Å². The molecule has 0 aliphatic carbocycles. The molecule has 0 bridgehead atoms. The number of carbonyl (C=O) groups excluding carboxylic acids is 1. The Balaban J connectivity index is 1.97. The van der Waals surface area contributed by atoms with E-state index in [-0.39, 0.29) is 24.6 Å². The van der Waals surface area contributed by atoms with Crippen LogP contribution < -0.4 is 10.1 Å². The topological polar surface area (TPSA) is 75.6 Å². The minimum absolute atomic E-state index is 0.000548. The summed E-state index contributed by atoms with van der Waals surface area (Å²) in [5.74, 6) is -1.40. The molecule has 1 unspecified atom stereocenters. The van der Waals surface area contributed by atoms with Gasteiger partial charge in [-0.3, -0.25) is 9.59 Å². The van der Waals surface area contributed by atoms with Crippen LogP contribution in [0.1, 0.15) is 18.1 Å². The van der Waals surface area contributed by atoms with E-state index in [2.05, 4.69) is 10.1 Å². The maximum absolute atomic E-state index is 12.1. The van der Waals surface area contributed by atoms with Gasteiger partial charge in [0.05, 0.1) is 6.42 Å². The SMILES string of the molecule is CC(CNC(=O)Cc1ccc(OC(F)F)cc1)(C(=O)O)c1ccccc1. The maximum atomic E-state index is 12.1. The molecule has 2 aromatic carbocycles. The third-order valence-corrected chi connectivity index (χ3v) is 4.04. The first-order valence-corrected chi connectivity index (χ1v) is 7.90. The molecule has 2 rings (SSSR count). The summed E-state index contributed by atoms with van der Waals surface area (Å²) in [4.78, 5) is 23.8. The van der Waals surface area contributed by atoms with Gasteiger partial charge in [-0.05, 0) is 30.2 Å². The molecule has 0 aromatic heterocycles. The standard InChI is InChI=1S/C19H19F2NO4/c1-19(17(24)25,14-5-3-2-4-6-14)12-22-16(23)11-13-7-9-15(10-8-13)26-18(20)21/h2-10,18H,11-12H2,1H3,(H,22,23)(H,24,25). The molecule has 2 aromatic rings. The average Bonchev–Trinajstić information content (AvgIpc) is 2.61. The van der Waals surface area contributed by atoms with E-state index in [9.17, 15) is 23.5 Å². The average molecular weight is 363 g/mol. The number of carboxylic acid groups (broad SMARTS) is 1. The summed E-state index contributed by atoms with van der Waals surface area (Å²) in [6, 6.07) is 14.4. The Morgan fingerprint density at radius 3 is 2.27 bits per heavy atom. The molecule has 1 atom stereocenters. The second-order valence-corrected chi connectivity index (χ2v) is 5.98. The molecule has 0 saturated heterocycles. The zero-order valence-corrected chi connectivity index (χ0v) is 14.1. The van der Waals surface area contributed by atoms with Gasteiger partial charge in [0, 0.05) is 6.54 Å². The summed E-state index contributed by atoms with van der Waals surface area (Å²) in [7, 11) is 0. The van der Waals surface area contributed by atoms with Crippen LogP contribution in [0.4, 0.5) is 8.78 Å². The van der Waals surface area contributed by atoms with E-state index >= 15 is 0 Å². The van der Waals surface area contributed by atoms with Crippen molar-refractivity contribution in [2.45, 2.75) is 25.4 Å². The Morgan fingerprint density at radius 2 is 1.73 bits per heavy atom. The number of ether oxygens (including phenoxy) is 1. The number of hydrogen-bond donors (Lipinski definition) is 2. The van der Waals surface area contributed by atoms with Gasteiger partial charge < -0.3 is 15.2 Å². The molecule has 1 amide bonds. The molecule has 0 saturated carbocycles. The van der Waals surface area contributed by atoms with E-state index in [1.54, 1.807) is 37.3 Å². The van der Waals surface area contributed by atoms with Crippen molar-refractivity contribution in [1.82, 2.24) is 5.32 Å². The number of carboxylic acids is 1. The number of carbonyl (C=O) groups is 2. The van der Waals surface area contributed by atoms with Crippen LogP contribution in [0.2, 0.25) is 0 Å². The third-order valence-electron chi connectivity index (χ3n) is 4.04. The van der Waals surface area contributed by atoms with Gasteiger partial charge in [-0.2, -0.15) is 8.78 Å². The smallest absolute Gasteiger partial charge is 0.387 e. The van der Waals surface area contributed by atoms with Crippen molar-refractivity contribution in [1.29, 1.82) is 0 Å². The summed E-state index contributed by atoms with van der Waals surface area (Å²) >= 11 is 0. The third kappa shape index (κ3) is 5.02. The highest BCUT2D eigenvalue weighted by Gasteiger charge is 2.35. The molecule has 0 spiro atoms. The fourth-order valence-electron chi connectivity index (χ4n) is 2.42. The molecule has 5 nitrogen and oxygen atoms in total. The van der Waals surface area contributed by atoms with Crippen LogP contribution in [0, 0.1) is 0 Å². The van der Waals surface area contributed by atoms with Crippen molar-refractivity contribution < 1.29 is 28.2 Å². The number of nitrogens with one attached hydrogen (secondary N) is 1. The molecule has 2 N–H and O–H groups in total. The van der Waals surface area contributed by atoms with Crippen LogP contribution >= 0.6 is 0 Å². The molecule has 0 heterocycles. The summed E-state index contributed by atoms with van der Waals surface area (Å²) in [6.45, 7) is -1.44. The van der Waals surface area contributed by atoms with Crippen molar-refractivity contribution >= 4 is 11.9 Å². The Kier molecular flexibility index (Phi) is 6.27. The van der Waals surface area contributed by atoms with Crippen LogP contribution in [-0.2, 0) is 21.4 Å². The number of amides is 1. The van der Waals surface area contributed by atoms with Gasteiger partial charge in [0.25, 0.3) is 0 Å². The maximum Gasteiger partial charge on any atom is 0.387 e. The van der Waals surface area contributed by atoms with Crippen molar-refractivity contribution in [3.8, 4) is 5.75 Å². The molecule has 0 fully saturated rings. The van der Waals surface area contributed by atoms with Gasteiger partial charge in [0.1, 0.15) is 11.2 Å². The largest absolute Gasteiger partial charge is 0.481 e. The van der Waals surface area contributed by atoms with Gasteiger partial charge in [-0.25, -0.2) is 0 Å². The molecular formula is C19H19F2NO4. The van der Waals surface area contributed by atoms with Gasteiger partial charge in [-0.15, -0.1) is 0 Å². The van der Waals surface area contributed by atoms with Crippen LogP contribution in [0.3, 0.4) is 0 Å². The van der Waals surface area contributed by atoms with E-state index in [1.807, 2.05) is 0 Å². The lowest BCUT2D eigenvalue weighted by Crippen LogP contribution is -2.44. The normalized spacial score (nSPS) is 13.1. The van der Waals surface area contributed by atoms with Crippen LogP contribution in [0.25, 0.3) is 0 Å². The monoisotopic (exact) mass is 363 g/mol. The summed E-state index contributed by atoms with van der Waals surface area (Å²) in [6.07, 6.45) is -0.000548. The van der Waals surface area contributed by atoms with E-state index < -0.39 is 18.0 Å². The van der Waals surface area contributed by atoms with Crippen LogP contribution in [0.5, 0.6) is 5.75 Å². The first kappa shape index (κ1) is 19.4. The number of alkyl halides is 2. The Bertz CT molecular complexity index is 750. The second-order valence-electron chi connectivity index (χ2n) is 5.98. The highest BCUT2D eigenvalue weighted by molar-refractivity contribution is 5.84. The highest BCUT2D eigenvalue weighted by Crippen LogP contribution is 2.23. The Morgan fingerprint density at radius 1 is 1.12 bits per heavy atom. The predicted octanol–water partition coefficient (Wildman–Crippen LogP) is 2.99. The molecule has 7 heteroatoms. The zero-order chi connectivity index (χ0) is 19.2. The number of rotatable bonds is 8. The van der Waals surface area contributed by atoms with Crippen LogP contribution in [-0.4, -0.2) is 30.1 Å². The molecule has 0 aliphatic heterocycles. The van der Waals surface area contributed by atoms with Gasteiger partial charge in [0.2, 0.25) is 5.91 Å². The van der Waals surface area contributed by atoms with Gasteiger partial charge in [-0.1, -0.05) is 42.5 Å². The second kappa shape index (κ2) is 8.42. The predicted molar refractivity (Wildman–Crippen MR) is 91.2 cm³/mol. The van der Waals surface area contributed by atoms with Gasteiger partial charge in [0.15, 0.2) is 0 Å². The lowest BCUT2D eigenvalue weighted by Gasteiger charge is -2.25. The van der Waals surface area contributed by atoms with E-state index in [4.69, 9.17) is 0 Å². The first-order chi connectivity index (χ1) is 12.3. The molecular weight excluding hydrogens is 344 g/mol. The minimum atomic E-state index is -2.91. The number of aliphatic carboxylic acids is 1. The number of hydrogen-bond acceptors (Lipinski definition) is 3. The van der Waals surface area contributed by atoms with E-state index in [1.165, 1.54) is 24.3 Å². The molecule has 138 valence electrons. The fraction of sp³-hybridized carbons (Fsp3) is 0.263. The highest BCUT2D eigenvalue weighted by atomic mass is 19.3. The first-order valence-electron chi connectivity index (χ1n) is 7.90. The molecule has 0 aliphatic rings. The van der Waals surface area contributed by atoms with E-state index in [0.717, 1.165) is 0 Å². The fourth-order valence-corrected chi connectivity index (χ4v) is 2.42. The Labute approximate surface area is 149 Å². The lowest BCUT2D eigenvalue weighted by atomic mass is 9.82. The van der Waals surface area contributed by atoms with Crippen molar-refractivity contribution in [2.24, 2.45) is 0 Å². The lowest BCUT2D eigenvalue weighted by molar-refractivity contribution is -0.143.